The zero-order valence-electron chi connectivity index (χ0n) is 20.2. The number of ketones is 1. The number of aliphatic hydroxyl groups is 1. The lowest BCUT2D eigenvalue weighted by atomic mass is 10.1. The van der Waals surface area contributed by atoms with Crippen LogP contribution < -0.4 is 4.74 Å². The molecule has 0 bridgehead atoms. The molecule has 0 spiro atoms. The van der Waals surface area contributed by atoms with Crippen molar-refractivity contribution in [3.8, 4) is 5.75 Å². The summed E-state index contributed by atoms with van der Waals surface area (Å²) >= 11 is 0. The first-order valence-electron chi connectivity index (χ1n) is 11.6. The van der Waals surface area contributed by atoms with Crippen LogP contribution in [0.15, 0.2) is 24.3 Å². The summed E-state index contributed by atoms with van der Waals surface area (Å²) in [6.07, 6.45) is 0. The van der Waals surface area contributed by atoms with E-state index in [1.807, 2.05) is 0 Å². The molecule has 10 nitrogen and oxygen atoms in total. The maximum absolute atomic E-state index is 11.2. The third kappa shape index (κ3) is 18.8. The van der Waals surface area contributed by atoms with Crippen molar-refractivity contribution in [3.05, 3.63) is 29.8 Å². The van der Waals surface area contributed by atoms with Crippen LogP contribution in [0.4, 0.5) is 0 Å². The minimum absolute atomic E-state index is 0.0254. The molecule has 1 aromatic rings. The minimum Gasteiger partial charge on any atom is -0.491 e. The van der Waals surface area contributed by atoms with Gasteiger partial charge in [-0.2, -0.15) is 0 Å². The standard InChI is InChI=1S/C24H40O10/c1-22(26)23-2-4-24(5-3-23)34-21-20-33-19-18-32-17-16-31-15-14-30-13-12-29-11-10-28-9-8-27-7-6-25/h2-5,25H,6-21H2,1H3. The maximum atomic E-state index is 11.2. The van der Waals surface area contributed by atoms with Crippen molar-refractivity contribution in [2.45, 2.75) is 6.92 Å². The second kappa shape index (κ2) is 23.1. The first kappa shape index (κ1) is 30.4. The van der Waals surface area contributed by atoms with Gasteiger partial charge in [-0.05, 0) is 31.2 Å². The largest absolute Gasteiger partial charge is 0.491 e. The quantitative estimate of drug-likeness (QED) is 0.160. The second-order valence-electron chi connectivity index (χ2n) is 6.94. The molecule has 34 heavy (non-hydrogen) atoms. The fourth-order valence-corrected chi connectivity index (χ4v) is 2.49. The monoisotopic (exact) mass is 488 g/mol. The molecule has 0 fully saturated rings. The molecule has 0 radical (unpaired) electrons. The third-order valence-electron chi connectivity index (χ3n) is 4.22. The smallest absolute Gasteiger partial charge is 0.159 e. The molecule has 0 aliphatic carbocycles. The first-order valence-corrected chi connectivity index (χ1v) is 11.6. The SMILES string of the molecule is CC(=O)c1ccc(OCCOCCOCCOCCOCCOCCOCCOCCO)cc1. The second-order valence-corrected chi connectivity index (χ2v) is 6.94. The summed E-state index contributed by atoms with van der Waals surface area (Å²) in [7, 11) is 0. The lowest BCUT2D eigenvalue weighted by Crippen LogP contribution is -2.15. The highest BCUT2D eigenvalue weighted by molar-refractivity contribution is 5.94. The first-order chi connectivity index (χ1) is 16.7. The van der Waals surface area contributed by atoms with E-state index in [2.05, 4.69) is 0 Å². The molecule has 0 amide bonds. The van der Waals surface area contributed by atoms with Gasteiger partial charge in [-0.25, -0.2) is 0 Å². The Bertz CT molecular complexity index is 582. The molecule has 0 saturated heterocycles. The van der Waals surface area contributed by atoms with Gasteiger partial charge in [-0.15, -0.1) is 0 Å². The van der Waals surface area contributed by atoms with Gasteiger partial charge < -0.3 is 43.0 Å². The number of ether oxygens (including phenoxy) is 8. The number of hydrogen-bond donors (Lipinski definition) is 1. The molecule has 0 aliphatic rings. The van der Waals surface area contributed by atoms with E-state index < -0.39 is 0 Å². The molecule has 196 valence electrons. The molecule has 0 aliphatic heterocycles. The Morgan fingerprint density at radius 1 is 0.559 bits per heavy atom. The van der Waals surface area contributed by atoms with Crippen LogP contribution in [-0.2, 0) is 33.2 Å². The van der Waals surface area contributed by atoms with Crippen molar-refractivity contribution in [2.24, 2.45) is 0 Å². The van der Waals surface area contributed by atoms with Gasteiger partial charge in [0, 0.05) is 5.56 Å². The molecular formula is C24H40O10. The maximum Gasteiger partial charge on any atom is 0.159 e. The summed E-state index contributed by atoms with van der Waals surface area (Å²) in [5, 5.41) is 8.55. The van der Waals surface area contributed by atoms with Crippen LogP contribution in [0.1, 0.15) is 17.3 Å². The molecule has 1 rings (SSSR count). The number of Topliss-reactive ketones (excluding diaryl/α,β-unsaturated/α-hetero) is 1. The molecule has 0 atom stereocenters. The van der Waals surface area contributed by atoms with E-state index >= 15 is 0 Å². The summed E-state index contributed by atoms with van der Waals surface area (Å²) in [4.78, 5) is 11.2. The highest BCUT2D eigenvalue weighted by atomic mass is 16.6. The third-order valence-corrected chi connectivity index (χ3v) is 4.22. The molecular weight excluding hydrogens is 448 g/mol. The van der Waals surface area contributed by atoms with Gasteiger partial charge in [-0.3, -0.25) is 4.79 Å². The fourth-order valence-electron chi connectivity index (χ4n) is 2.49. The van der Waals surface area contributed by atoms with E-state index in [1.165, 1.54) is 6.92 Å². The summed E-state index contributed by atoms with van der Waals surface area (Å²) < 4.78 is 43.0. The van der Waals surface area contributed by atoms with E-state index in [9.17, 15) is 4.79 Å². The number of hydrogen-bond acceptors (Lipinski definition) is 10. The van der Waals surface area contributed by atoms with Crippen LogP contribution in [-0.4, -0.2) is 117 Å². The zero-order valence-corrected chi connectivity index (χ0v) is 20.2. The normalized spacial score (nSPS) is 11.1. The Morgan fingerprint density at radius 2 is 0.882 bits per heavy atom. The van der Waals surface area contributed by atoms with E-state index in [4.69, 9.17) is 43.0 Å². The van der Waals surface area contributed by atoms with Crippen LogP contribution in [0.3, 0.4) is 0 Å². The van der Waals surface area contributed by atoms with Gasteiger partial charge in [0.15, 0.2) is 5.78 Å². The van der Waals surface area contributed by atoms with Crippen molar-refractivity contribution in [1.82, 2.24) is 0 Å². The highest BCUT2D eigenvalue weighted by Gasteiger charge is 2.00. The molecule has 0 unspecified atom stereocenters. The summed E-state index contributed by atoms with van der Waals surface area (Å²) in [5.74, 6) is 0.743. The van der Waals surface area contributed by atoms with E-state index in [-0.39, 0.29) is 12.4 Å². The van der Waals surface area contributed by atoms with Crippen molar-refractivity contribution in [3.63, 3.8) is 0 Å². The van der Waals surface area contributed by atoms with Gasteiger partial charge >= 0.3 is 0 Å². The van der Waals surface area contributed by atoms with Gasteiger partial charge in [0.25, 0.3) is 0 Å². The van der Waals surface area contributed by atoms with E-state index in [0.29, 0.717) is 110 Å². The Hall–Kier alpha value is -1.63. The lowest BCUT2D eigenvalue weighted by Gasteiger charge is -2.09. The number of benzene rings is 1. The van der Waals surface area contributed by atoms with Gasteiger partial charge in [0.2, 0.25) is 0 Å². The fraction of sp³-hybridized carbons (Fsp3) is 0.708. The average Bonchev–Trinajstić information content (AvgIpc) is 2.84. The number of aliphatic hydroxyl groups excluding tert-OH is 1. The molecule has 0 heterocycles. The van der Waals surface area contributed by atoms with Gasteiger partial charge in [0.1, 0.15) is 12.4 Å². The van der Waals surface area contributed by atoms with Crippen LogP contribution in [0.5, 0.6) is 5.75 Å². The predicted octanol–water partition coefficient (Wildman–Crippen LogP) is 1.38. The van der Waals surface area contributed by atoms with Crippen LogP contribution >= 0.6 is 0 Å². The molecule has 1 aromatic carbocycles. The van der Waals surface area contributed by atoms with Crippen molar-refractivity contribution in [2.75, 3.05) is 106 Å². The summed E-state index contributed by atoms with van der Waals surface area (Å²) in [5.41, 5.74) is 0.666. The Morgan fingerprint density at radius 3 is 1.21 bits per heavy atom. The Labute approximate surface area is 202 Å². The number of carbonyl (C=O) groups excluding carboxylic acids is 1. The van der Waals surface area contributed by atoms with Gasteiger partial charge in [0.05, 0.1) is 99.1 Å². The lowest BCUT2D eigenvalue weighted by molar-refractivity contribution is -0.0221. The van der Waals surface area contributed by atoms with Crippen molar-refractivity contribution in [1.29, 1.82) is 0 Å². The highest BCUT2D eigenvalue weighted by Crippen LogP contribution is 2.12. The molecule has 10 heteroatoms. The van der Waals surface area contributed by atoms with E-state index in [0.717, 1.165) is 0 Å². The molecule has 0 aromatic heterocycles. The van der Waals surface area contributed by atoms with Crippen LogP contribution in [0, 0.1) is 0 Å². The average molecular weight is 489 g/mol. The van der Waals surface area contributed by atoms with Crippen LogP contribution in [0.2, 0.25) is 0 Å². The number of rotatable bonds is 25. The predicted molar refractivity (Wildman–Crippen MR) is 125 cm³/mol. The summed E-state index contributed by atoms with van der Waals surface area (Å²) in [6, 6.07) is 7.04. The summed E-state index contributed by atoms with van der Waals surface area (Å²) in [6.45, 7) is 8.74. The molecule has 0 saturated carbocycles. The van der Waals surface area contributed by atoms with Gasteiger partial charge in [-0.1, -0.05) is 0 Å². The molecule has 1 N–H and O–H groups in total. The van der Waals surface area contributed by atoms with Crippen LogP contribution in [0.25, 0.3) is 0 Å². The Balaban J connectivity index is 1.71. The number of carbonyl (C=O) groups is 1. The topological polar surface area (TPSA) is 111 Å². The van der Waals surface area contributed by atoms with Crippen molar-refractivity contribution >= 4 is 5.78 Å². The zero-order chi connectivity index (χ0) is 24.5. The minimum atomic E-state index is 0.0254. The van der Waals surface area contributed by atoms with E-state index in [1.54, 1.807) is 24.3 Å². The van der Waals surface area contributed by atoms with Crippen molar-refractivity contribution < 1.29 is 47.8 Å². The Kier molecular flexibility index (Phi) is 20.7.